The van der Waals surface area contributed by atoms with Gasteiger partial charge in [0.25, 0.3) is 0 Å². The fraction of sp³-hybridized carbons (Fsp3) is 0.571. The zero-order valence-corrected chi connectivity index (χ0v) is 9.17. The van der Waals surface area contributed by atoms with E-state index in [9.17, 15) is 4.79 Å². The lowest BCUT2D eigenvalue weighted by molar-refractivity contribution is -0.114. The van der Waals surface area contributed by atoms with E-state index in [0.717, 1.165) is 16.5 Å². The minimum atomic E-state index is -0.108. The zero-order chi connectivity index (χ0) is 9.68. The molecule has 0 aromatic carbocycles. The number of amides is 1. The van der Waals surface area contributed by atoms with Crippen LogP contribution < -0.4 is 5.32 Å². The maximum atomic E-state index is 10.7. The normalized spacial score (nSPS) is 10.0. The molecule has 72 valence electrons. The monoisotopic (exact) mass is 217 g/mol. The number of nitrogens with zero attached hydrogens (tertiary/aromatic N) is 2. The molecule has 4 nitrogen and oxygen atoms in total. The number of carbonyl (C=O) groups excluding carboxylic acids is 1. The van der Waals surface area contributed by atoms with Crippen LogP contribution in [0, 0.1) is 0 Å². The molecular formula is C7H11N3OS2. The lowest BCUT2D eigenvalue weighted by atomic mass is 10.6. The second-order valence-electron chi connectivity index (χ2n) is 2.40. The van der Waals surface area contributed by atoms with Crippen molar-refractivity contribution in [1.82, 2.24) is 10.2 Å². The van der Waals surface area contributed by atoms with Gasteiger partial charge >= 0.3 is 0 Å². The Labute approximate surface area is 85.1 Å². The Morgan fingerprint density at radius 3 is 3.00 bits per heavy atom. The van der Waals surface area contributed by atoms with Crippen LogP contribution in [0.3, 0.4) is 0 Å². The molecule has 0 fully saturated rings. The van der Waals surface area contributed by atoms with Crippen molar-refractivity contribution >= 4 is 34.1 Å². The van der Waals surface area contributed by atoms with Crippen LogP contribution in [0.15, 0.2) is 4.34 Å². The lowest BCUT2D eigenvalue weighted by Gasteiger charge is -1.91. The predicted molar refractivity (Wildman–Crippen MR) is 55.2 cm³/mol. The van der Waals surface area contributed by atoms with Gasteiger partial charge in [0, 0.05) is 12.7 Å². The number of rotatable bonds is 4. The summed E-state index contributed by atoms with van der Waals surface area (Å²) in [6.07, 6.45) is 1.11. The van der Waals surface area contributed by atoms with Crippen LogP contribution in [0.1, 0.15) is 20.3 Å². The number of nitrogens with one attached hydrogen (secondary N) is 1. The van der Waals surface area contributed by atoms with E-state index in [1.54, 1.807) is 11.8 Å². The molecular weight excluding hydrogens is 206 g/mol. The molecule has 0 saturated carbocycles. The molecule has 1 amide bonds. The first kappa shape index (κ1) is 10.5. The minimum absolute atomic E-state index is 0.108. The van der Waals surface area contributed by atoms with Crippen LogP contribution in [0.25, 0.3) is 0 Å². The molecule has 1 rings (SSSR count). The first-order valence-electron chi connectivity index (χ1n) is 3.96. The summed E-state index contributed by atoms with van der Waals surface area (Å²) in [7, 11) is 0. The molecule has 0 unspecified atom stereocenters. The average Bonchev–Trinajstić information content (AvgIpc) is 2.48. The standard InChI is InChI=1S/C7H11N3OS2/c1-3-4-12-7-10-9-6(13-7)8-5(2)11/h3-4H2,1-2H3,(H,8,9,11). The summed E-state index contributed by atoms with van der Waals surface area (Å²) in [6, 6.07) is 0. The molecule has 1 heterocycles. The minimum Gasteiger partial charge on any atom is -0.301 e. The Balaban J connectivity index is 2.48. The van der Waals surface area contributed by atoms with Crippen molar-refractivity contribution in [3.05, 3.63) is 0 Å². The molecule has 0 spiro atoms. The quantitative estimate of drug-likeness (QED) is 0.619. The molecule has 0 atom stereocenters. The Kier molecular flexibility index (Phi) is 4.17. The van der Waals surface area contributed by atoms with E-state index in [4.69, 9.17) is 0 Å². The average molecular weight is 217 g/mol. The topological polar surface area (TPSA) is 54.9 Å². The molecule has 6 heteroatoms. The highest BCUT2D eigenvalue weighted by Crippen LogP contribution is 2.25. The van der Waals surface area contributed by atoms with Gasteiger partial charge < -0.3 is 5.32 Å². The van der Waals surface area contributed by atoms with Gasteiger partial charge in [0.2, 0.25) is 11.0 Å². The van der Waals surface area contributed by atoms with E-state index in [2.05, 4.69) is 22.4 Å². The first-order valence-corrected chi connectivity index (χ1v) is 5.76. The van der Waals surface area contributed by atoms with Crippen LogP contribution in [0.5, 0.6) is 0 Å². The third-order valence-corrected chi connectivity index (χ3v) is 3.30. The number of anilines is 1. The van der Waals surface area contributed by atoms with E-state index in [1.165, 1.54) is 18.3 Å². The first-order chi connectivity index (χ1) is 6.22. The molecule has 0 aliphatic carbocycles. The van der Waals surface area contributed by atoms with Gasteiger partial charge in [-0.3, -0.25) is 4.79 Å². The molecule has 1 aromatic rings. The SMILES string of the molecule is CCCSc1nnc(NC(C)=O)s1. The summed E-state index contributed by atoms with van der Waals surface area (Å²) in [4.78, 5) is 10.7. The third kappa shape index (κ3) is 3.73. The van der Waals surface area contributed by atoms with Crippen molar-refractivity contribution in [2.24, 2.45) is 0 Å². The van der Waals surface area contributed by atoms with Crippen LogP contribution in [0.2, 0.25) is 0 Å². The number of hydrogen-bond donors (Lipinski definition) is 1. The van der Waals surface area contributed by atoms with Gasteiger partial charge in [-0.1, -0.05) is 30.0 Å². The number of aromatic nitrogens is 2. The summed E-state index contributed by atoms with van der Waals surface area (Å²) in [5.74, 6) is 0.928. The Morgan fingerprint density at radius 1 is 1.62 bits per heavy atom. The predicted octanol–water partition coefficient (Wildman–Crippen LogP) is 2.00. The van der Waals surface area contributed by atoms with E-state index >= 15 is 0 Å². The Bertz CT molecular complexity index is 287. The summed E-state index contributed by atoms with van der Waals surface area (Å²) in [5, 5.41) is 10.9. The van der Waals surface area contributed by atoms with Crippen molar-refractivity contribution < 1.29 is 4.79 Å². The van der Waals surface area contributed by atoms with Gasteiger partial charge in [0.15, 0.2) is 4.34 Å². The van der Waals surface area contributed by atoms with Crippen LogP contribution in [-0.4, -0.2) is 21.9 Å². The van der Waals surface area contributed by atoms with Gasteiger partial charge in [0.1, 0.15) is 0 Å². The molecule has 13 heavy (non-hydrogen) atoms. The number of hydrogen-bond acceptors (Lipinski definition) is 5. The van der Waals surface area contributed by atoms with Gasteiger partial charge in [-0.05, 0) is 6.42 Å². The summed E-state index contributed by atoms with van der Waals surface area (Å²) >= 11 is 3.07. The third-order valence-electron chi connectivity index (χ3n) is 1.12. The van der Waals surface area contributed by atoms with Crippen LogP contribution in [-0.2, 0) is 4.79 Å². The Morgan fingerprint density at radius 2 is 2.38 bits per heavy atom. The summed E-state index contributed by atoms with van der Waals surface area (Å²) in [5.41, 5.74) is 0. The molecule has 1 aromatic heterocycles. The van der Waals surface area contributed by atoms with Gasteiger partial charge in [0.05, 0.1) is 0 Å². The van der Waals surface area contributed by atoms with E-state index in [-0.39, 0.29) is 5.91 Å². The lowest BCUT2D eigenvalue weighted by Crippen LogP contribution is -2.04. The summed E-state index contributed by atoms with van der Waals surface area (Å²) in [6.45, 7) is 3.57. The fourth-order valence-electron chi connectivity index (χ4n) is 0.659. The van der Waals surface area contributed by atoms with Crippen molar-refractivity contribution in [2.45, 2.75) is 24.6 Å². The van der Waals surface area contributed by atoms with Gasteiger partial charge in [-0.15, -0.1) is 10.2 Å². The van der Waals surface area contributed by atoms with Crippen molar-refractivity contribution in [2.75, 3.05) is 11.1 Å². The number of carbonyl (C=O) groups is 1. The van der Waals surface area contributed by atoms with Gasteiger partial charge in [-0.2, -0.15) is 0 Å². The highest BCUT2D eigenvalue weighted by molar-refractivity contribution is 8.01. The molecule has 0 radical (unpaired) electrons. The van der Waals surface area contributed by atoms with E-state index in [1.807, 2.05) is 0 Å². The van der Waals surface area contributed by atoms with E-state index in [0.29, 0.717) is 5.13 Å². The largest absolute Gasteiger partial charge is 0.301 e. The van der Waals surface area contributed by atoms with Crippen LogP contribution >= 0.6 is 23.1 Å². The maximum absolute atomic E-state index is 10.7. The molecule has 1 N–H and O–H groups in total. The maximum Gasteiger partial charge on any atom is 0.223 e. The Hall–Kier alpha value is -0.620. The van der Waals surface area contributed by atoms with Crippen molar-refractivity contribution in [1.29, 1.82) is 0 Å². The number of thioether (sulfide) groups is 1. The second-order valence-corrected chi connectivity index (χ2v) is 4.72. The highest BCUT2D eigenvalue weighted by Gasteiger charge is 2.04. The highest BCUT2D eigenvalue weighted by atomic mass is 32.2. The molecule has 0 aliphatic rings. The molecule has 0 bridgehead atoms. The smallest absolute Gasteiger partial charge is 0.223 e. The van der Waals surface area contributed by atoms with E-state index < -0.39 is 0 Å². The van der Waals surface area contributed by atoms with Gasteiger partial charge in [-0.25, -0.2) is 0 Å². The fourth-order valence-corrected chi connectivity index (χ4v) is 2.38. The second kappa shape index (κ2) is 5.18. The summed E-state index contributed by atoms with van der Waals surface area (Å²) < 4.78 is 0.908. The zero-order valence-electron chi connectivity index (χ0n) is 7.53. The molecule has 0 aliphatic heterocycles. The van der Waals surface area contributed by atoms with Crippen molar-refractivity contribution in [3.8, 4) is 0 Å². The van der Waals surface area contributed by atoms with Crippen molar-refractivity contribution in [3.63, 3.8) is 0 Å². The van der Waals surface area contributed by atoms with Crippen LogP contribution in [0.4, 0.5) is 5.13 Å². The molecule has 0 saturated heterocycles.